The standard InChI is InChI=1S/C14H26ClNO4.C14H26N4O4.CH4.N3.Na/c1-11(12(17)20-14(2,3)4)7-5-6-9-16-13(18)19-10-8-15;1-11(12(19)22-14(2,3)4)7-5-6-8-16-13(20)21-10-9-17-18-15;;1-3-2;/h11H,5-10H2,1-4H3,(H,16,18);11H,5-10H2,1-4H3,(H,16,20);1H4;;/q;;;-1;+1/t2*11-;;;/m00.../s1. The number of alkyl carbamates (subject to hydrolysis) is 2. The van der Waals surface area contributed by atoms with Gasteiger partial charge in [-0.2, -0.15) is 0 Å². The zero-order valence-electron chi connectivity index (χ0n) is 29.0. The summed E-state index contributed by atoms with van der Waals surface area (Å²) in [5.41, 5.74) is 20.6. The maximum absolute atomic E-state index is 11.8. The molecule has 0 rings (SSSR count). The van der Waals surface area contributed by atoms with E-state index in [0.717, 1.165) is 32.1 Å². The number of carbonyl (C=O) groups excluding carboxylic acids is 4. The molecule has 268 valence electrons. The maximum atomic E-state index is 11.8. The number of amides is 2. The maximum Gasteiger partial charge on any atom is 1.00 e. The van der Waals surface area contributed by atoms with Gasteiger partial charge in [0.2, 0.25) is 0 Å². The van der Waals surface area contributed by atoms with Gasteiger partial charge in [-0.25, -0.2) is 9.59 Å². The van der Waals surface area contributed by atoms with Gasteiger partial charge in [-0.3, -0.25) is 14.5 Å². The van der Waals surface area contributed by atoms with Gasteiger partial charge in [-0.1, -0.05) is 39.2 Å². The third-order valence-corrected chi connectivity index (χ3v) is 5.24. The van der Waals surface area contributed by atoms with Gasteiger partial charge in [0.05, 0.1) is 30.9 Å². The van der Waals surface area contributed by atoms with Crippen LogP contribution in [0.1, 0.15) is 101 Å². The quantitative estimate of drug-likeness (QED) is 0.0312. The van der Waals surface area contributed by atoms with E-state index in [4.69, 9.17) is 47.1 Å². The molecule has 0 radical (unpaired) electrons. The summed E-state index contributed by atoms with van der Waals surface area (Å²) in [5.74, 6) is -0.363. The van der Waals surface area contributed by atoms with Crippen LogP contribution >= 0.6 is 11.6 Å². The minimum absolute atomic E-state index is 0. The first-order chi connectivity index (χ1) is 20.9. The number of halogens is 1. The predicted molar refractivity (Wildman–Crippen MR) is 178 cm³/mol. The van der Waals surface area contributed by atoms with Gasteiger partial charge in [0.15, 0.2) is 0 Å². The predicted octanol–water partition coefficient (Wildman–Crippen LogP) is 4.78. The van der Waals surface area contributed by atoms with Gasteiger partial charge in [0, 0.05) is 18.0 Å². The Balaban J connectivity index is -0.000000222. The number of hydrogen-bond acceptors (Lipinski definition) is 9. The van der Waals surface area contributed by atoms with Crippen molar-refractivity contribution in [2.45, 2.75) is 113 Å². The summed E-state index contributed by atoms with van der Waals surface area (Å²) in [6, 6.07) is 0. The molecule has 2 N–H and O–H groups in total. The van der Waals surface area contributed by atoms with Crippen LogP contribution in [-0.4, -0.2) is 74.1 Å². The van der Waals surface area contributed by atoms with Gasteiger partial charge in [0.1, 0.15) is 17.8 Å². The van der Waals surface area contributed by atoms with Crippen LogP contribution in [0.25, 0.3) is 26.4 Å². The van der Waals surface area contributed by atoms with E-state index < -0.39 is 23.4 Å². The molecule has 0 heterocycles. The smallest absolute Gasteiger partial charge is 0.460 e. The number of unbranched alkanes of at least 4 members (excludes halogenated alkanes) is 2. The number of esters is 2. The van der Waals surface area contributed by atoms with Gasteiger partial charge in [0.25, 0.3) is 0 Å². The Morgan fingerprint density at radius 2 is 1.11 bits per heavy atom. The monoisotopic (exact) mass is 702 g/mol. The molecule has 2 atom stereocenters. The Kier molecular flexibility index (Phi) is 38.2. The van der Waals surface area contributed by atoms with Crippen molar-refractivity contribution in [1.82, 2.24) is 10.6 Å². The number of azide groups is 1. The molecule has 0 aliphatic rings. The van der Waals surface area contributed by atoms with E-state index in [1.165, 1.54) is 4.91 Å². The molecular weight excluding hydrogens is 647 g/mol. The van der Waals surface area contributed by atoms with Crippen LogP contribution in [0.3, 0.4) is 0 Å². The molecule has 16 nitrogen and oxygen atoms in total. The van der Waals surface area contributed by atoms with Gasteiger partial charge in [-0.15, -0.1) is 11.6 Å². The summed E-state index contributed by atoms with van der Waals surface area (Å²) in [5, 5.41) is 8.46. The zero-order chi connectivity index (χ0) is 35.3. The van der Waals surface area contributed by atoms with E-state index in [0.29, 0.717) is 25.4 Å². The minimum Gasteiger partial charge on any atom is -0.460 e. The van der Waals surface area contributed by atoms with Gasteiger partial charge in [-0.05, 0) is 72.8 Å². The van der Waals surface area contributed by atoms with Crippen molar-refractivity contribution in [3.63, 3.8) is 0 Å². The van der Waals surface area contributed by atoms with Crippen molar-refractivity contribution in [3.05, 3.63) is 26.4 Å². The number of ether oxygens (including phenoxy) is 4. The first-order valence-electron chi connectivity index (χ1n) is 14.8. The van der Waals surface area contributed by atoms with Crippen LogP contribution in [0, 0.1) is 11.8 Å². The second-order valence-electron chi connectivity index (χ2n) is 11.7. The molecule has 0 aromatic heterocycles. The number of hydrogen-bond donors (Lipinski definition) is 2. The molecule has 2 amide bonds. The van der Waals surface area contributed by atoms with Crippen LogP contribution in [0.15, 0.2) is 5.11 Å². The zero-order valence-corrected chi connectivity index (χ0v) is 31.7. The molecule has 0 aliphatic heterocycles. The normalized spacial score (nSPS) is 11.2. The number of rotatable bonds is 17. The third-order valence-electron chi connectivity index (χ3n) is 5.08. The molecule has 0 aliphatic carbocycles. The van der Waals surface area contributed by atoms with Gasteiger partial charge < -0.3 is 40.6 Å². The summed E-state index contributed by atoms with van der Waals surface area (Å²) in [7, 11) is 0. The van der Waals surface area contributed by atoms with Crippen LogP contribution in [0.2, 0.25) is 0 Å². The Morgan fingerprint density at radius 1 is 0.745 bits per heavy atom. The average Bonchev–Trinajstić information content (AvgIpc) is 2.92. The molecule has 0 saturated carbocycles. The number of nitrogens with one attached hydrogen (secondary N) is 2. The first-order valence-corrected chi connectivity index (χ1v) is 15.3. The largest absolute Gasteiger partial charge is 1.00 e. The van der Waals surface area contributed by atoms with E-state index in [-0.39, 0.29) is 80.5 Å². The fourth-order valence-electron chi connectivity index (χ4n) is 3.03. The number of alkyl halides is 1. The molecule has 0 spiro atoms. The molecule has 47 heavy (non-hydrogen) atoms. The van der Waals surface area contributed by atoms with Crippen molar-refractivity contribution in [2.24, 2.45) is 17.0 Å². The molecule has 0 aromatic rings. The molecule has 0 aromatic carbocycles. The van der Waals surface area contributed by atoms with Crippen molar-refractivity contribution < 1.29 is 67.7 Å². The third kappa shape index (κ3) is 43.4. The van der Waals surface area contributed by atoms with Crippen LogP contribution in [0.4, 0.5) is 9.59 Å². The number of nitrogens with zero attached hydrogens (tertiary/aromatic N) is 6. The van der Waals surface area contributed by atoms with E-state index in [1.54, 1.807) is 0 Å². The Labute approximate surface area is 307 Å². The van der Waals surface area contributed by atoms with Crippen LogP contribution < -0.4 is 40.2 Å². The van der Waals surface area contributed by atoms with E-state index in [2.05, 4.69) is 20.7 Å². The van der Waals surface area contributed by atoms with Crippen LogP contribution in [-0.2, 0) is 28.5 Å². The molecule has 0 unspecified atom stereocenters. The summed E-state index contributed by atoms with van der Waals surface area (Å²) < 4.78 is 20.1. The van der Waals surface area contributed by atoms with Crippen molar-refractivity contribution >= 4 is 35.7 Å². The summed E-state index contributed by atoms with van der Waals surface area (Å²) in [4.78, 5) is 49.9. The van der Waals surface area contributed by atoms with Crippen molar-refractivity contribution in [1.29, 1.82) is 0 Å². The Morgan fingerprint density at radius 3 is 1.43 bits per heavy atom. The minimum atomic E-state index is -0.534. The molecule has 0 saturated heterocycles. The average molecular weight is 703 g/mol. The SMILES string of the molecule is C.C[C@@H](CCCCNC(=O)OCCCl)C(=O)OC(C)(C)C.C[C@@H](CCCCNC(=O)OCCN=[N+]=[N-])C(=O)OC(C)(C)C.[N-]=[N+]=[N-].[Na+]. The van der Waals surface area contributed by atoms with E-state index in [9.17, 15) is 19.2 Å². The fourth-order valence-corrected chi connectivity index (χ4v) is 3.11. The van der Waals surface area contributed by atoms with E-state index >= 15 is 0 Å². The van der Waals surface area contributed by atoms with Gasteiger partial charge >= 0.3 is 53.7 Å². The first kappa shape index (κ1) is 53.9. The summed E-state index contributed by atoms with van der Waals surface area (Å²) in [6.45, 7) is 16.2. The fraction of sp³-hybridized carbons (Fsp3) is 0.862. The second kappa shape index (κ2) is 33.3. The topological polar surface area (TPSA) is 237 Å². The summed E-state index contributed by atoms with van der Waals surface area (Å²) in [6.07, 6.45) is 3.66. The molecular formula is C29H56ClN8NaO8. The summed E-state index contributed by atoms with van der Waals surface area (Å²) >= 11 is 5.39. The van der Waals surface area contributed by atoms with Crippen molar-refractivity contribution in [2.75, 3.05) is 38.7 Å². The number of carbonyl (C=O) groups is 4. The van der Waals surface area contributed by atoms with E-state index in [1.807, 2.05) is 55.4 Å². The van der Waals surface area contributed by atoms with Crippen LogP contribution in [0.5, 0.6) is 0 Å². The molecule has 18 heteroatoms. The van der Waals surface area contributed by atoms with Crippen molar-refractivity contribution in [3.8, 4) is 0 Å². The molecule has 0 fully saturated rings. The Bertz CT molecular complexity index is 936. The molecule has 0 bridgehead atoms. The Hall–Kier alpha value is -2.61. The second-order valence-corrected chi connectivity index (χ2v) is 12.1.